The zero-order valence-electron chi connectivity index (χ0n) is 8.88. The lowest BCUT2D eigenvalue weighted by molar-refractivity contribution is 0.204. The minimum Gasteiger partial charge on any atom is -0.397 e. The van der Waals surface area contributed by atoms with E-state index in [0.717, 1.165) is 18.5 Å². The van der Waals surface area contributed by atoms with Gasteiger partial charge in [-0.15, -0.1) is 0 Å². The summed E-state index contributed by atoms with van der Waals surface area (Å²) < 4.78 is 11.3. The van der Waals surface area contributed by atoms with Gasteiger partial charge in [0.2, 0.25) is 0 Å². The predicted molar refractivity (Wildman–Crippen MR) is 62.9 cm³/mol. The Labute approximate surface area is 92.0 Å². The van der Waals surface area contributed by atoms with Crippen molar-refractivity contribution in [2.24, 2.45) is 0 Å². The van der Waals surface area contributed by atoms with Gasteiger partial charge in [-0.05, 0) is 32.2 Å². The first-order valence-corrected chi connectivity index (χ1v) is 7.78. The Kier molecular flexibility index (Phi) is 9.62. The summed E-state index contributed by atoms with van der Waals surface area (Å²) in [5.41, 5.74) is 0.623. The van der Waals surface area contributed by atoms with Crippen LogP contribution in [0, 0.1) is 0 Å². The molecule has 0 rings (SSSR count). The molecule has 0 N–H and O–H groups in total. The van der Waals surface area contributed by atoms with Crippen molar-refractivity contribution in [1.82, 2.24) is 0 Å². The van der Waals surface area contributed by atoms with Crippen molar-refractivity contribution < 1.29 is 8.85 Å². The van der Waals surface area contributed by atoms with E-state index in [4.69, 9.17) is 8.85 Å². The summed E-state index contributed by atoms with van der Waals surface area (Å²) in [5, 5.41) is 1.08. The fourth-order valence-electron chi connectivity index (χ4n) is 1.24. The number of halogens is 1. The number of hydrogen-bond donors (Lipinski definition) is 0. The van der Waals surface area contributed by atoms with Crippen LogP contribution in [0.25, 0.3) is 0 Å². The molecule has 1 unspecified atom stereocenters. The molecular weight excluding hydrogens is 248 g/mol. The molecule has 0 aliphatic rings. The van der Waals surface area contributed by atoms with E-state index in [2.05, 4.69) is 22.9 Å². The average Bonchev–Trinajstić information content (AvgIpc) is 2.14. The summed E-state index contributed by atoms with van der Waals surface area (Å²) >= 11 is 3.44. The molecule has 0 aromatic heterocycles. The molecule has 0 amide bonds. The largest absolute Gasteiger partial charge is 0.397 e. The highest BCUT2D eigenvalue weighted by Crippen LogP contribution is 2.18. The maximum Gasteiger partial charge on any atom is 0.324 e. The van der Waals surface area contributed by atoms with Crippen LogP contribution >= 0.6 is 15.9 Å². The maximum absolute atomic E-state index is 5.64. The summed E-state index contributed by atoms with van der Waals surface area (Å²) in [4.78, 5) is 0. The zero-order chi connectivity index (χ0) is 10.1. The van der Waals surface area contributed by atoms with Crippen LogP contribution < -0.4 is 0 Å². The highest BCUT2D eigenvalue weighted by molar-refractivity contribution is 9.09. The monoisotopic (exact) mass is 268 g/mol. The van der Waals surface area contributed by atoms with Crippen molar-refractivity contribution in [3.05, 3.63) is 0 Å². The highest BCUT2D eigenvalue weighted by atomic mass is 79.9. The first kappa shape index (κ1) is 13.6. The van der Waals surface area contributed by atoms with E-state index in [1.165, 1.54) is 12.8 Å². The van der Waals surface area contributed by atoms with Gasteiger partial charge in [0.05, 0.1) is 0 Å². The zero-order valence-corrected chi connectivity index (χ0v) is 11.6. The molecule has 1 atom stereocenters. The standard InChI is InChI=1S/C9H21BrO2Si/c1-4-11-13(12-5-2)9(3)7-6-8-10/h9,13H,4-8H2,1-3H3. The van der Waals surface area contributed by atoms with Crippen molar-refractivity contribution in [3.8, 4) is 0 Å². The molecule has 0 aromatic rings. The lowest BCUT2D eigenvalue weighted by Gasteiger charge is -2.20. The molecule has 0 saturated heterocycles. The van der Waals surface area contributed by atoms with Gasteiger partial charge in [-0.1, -0.05) is 22.9 Å². The molecule has 0 heterocycles. The van der Waals surface area contributed by atoms with Crippen molar-refractivity contribution >= 4 is 25.2 Å². The summed E-state index contributed by atoms with van der Waals surface area (Å²) in [6, 6.07) is 0. The van der Waals surface area contributed by atoms with E-state index >= 15 is 0 Å². The van der Waals surface area contributed by atoms with Crippen LogP contribution in [0.1, 0.15) is 33.6 Å². The fourth-order valence-corrected chi connectivity index (χ4v) is 3.48. The molecule has 0 spiro atoms. The van der Waals surface area contributed by atoms with Gasteiger partial charge < -0.3 is 8.85 Å². The second-order valence-corrected chi connectivity index (χ2v) is 6.42. The second kappa shape index (κ2) is 9.18. The van der Waals surface area contributed by atoms with Crippen LogP contribution in [0.4, 0.5) is 0 Å². The minimum atomic E-state index is -1.38. The highest BCUT2D eigenvalue weighted by Gasteiger charge is 2.20. The van der Waals surface area contributed by atoms with Crippen molar-refractivity contribution in [2.45, 2.75) is 39.2 Å². The average molecular weight is 269 g/mol. The van der Waals surface area contributed by atoms with Crippen LogP contribution in [0.5, 0.6) is 0 Å². The quantitative estimate of drug-likeness (QED) is 0.498. The Bertz CT molecular complexity index is 108. The topological polar surface area (TPSA) is 18.5 Å². The molecule has 0 bridgehead atoms. The fraction of sp³-hybridized carbons (Fsp3) is 1.00. The summed E-state index contributed by atoms with van der Waals surface area (Å²) in [5.74, 6) is 0. The van der Waals surface area contributed by atoms with Gasteiger partial charge in [0.15, 0.2) is 0 Å². The molecular formula is C9H21BrO2Si. The Balaban J connectivity index is 3.72. The van der Waals surface area contributed by atoms with Crippen LogP contribution in [-0.2, 0) is 8.85 Å². The third-order valence-electron chi connectivity index (χ3n) is 1.92. The Morgan fingerprint density at radius 3 is 2.15 bits per heavy atom. The lowest BCUT2D eigenvalue weighted by Crippen LogP contribution is -2.27. The SMILES string of the molecule is CCO[SiH](OCC)C(C)CCCBr. The Hall–Kier alpha value is 0.617. The first-order chi connectivity index (χ1) is 6.26. The van der Waals surface area contributed by atoms with E-state index < -0.39 is 9.28 Å². The molecule has 0 saturated carbocycles. The molecule has 0 radical (unpaired) electrons. The maximum atomic E-state index is 5.64. The van der Waals surface area contributed by atoms with Gasteiger partial charge >= 0.3 is 9.28 Å². The van der Waals surface area contributed by atoms with Crippen LogP contribution in [0.2, 0.25) is 5.54 Å². The lowest BCUT2D eigenvalue weighted by atomic mass is 10.3. The number of hydrogen-bond acceptors (Lipinski definition) is 2. The van der Waals surface area contributed by atoms with E-state index in [9.17, 15) is 0 Å². The third-order valence-corrected chi connectivity index (χ3v) is 5.07. The van der Waals surface area contributed by atoms with Gasteiger partial charge in [-0.3, -0.25) is 0 Å². The van der Waals surface area contributed by atoms with E-state index in [1.807, 2.05) is 13.8 Å². The smallest absolute Gasteiger partial charge is 0.324 e. The third kappa shape index (κ3) is 6.66. The second-order valence-electron chi connectivity index (χ2n) is 3.09. The van der Waals surface area contributed by atoms with Gasteiger partial charge in [-0.25, -0.2) is 0 Å². The van der Waals surface area contributed by atoms with Crippen molar-refractivity contribution in [3.63, 3.8) is 0 Å². The summed E-state index contributed by atoms with van der Waals surface area (Å²) in [6.45, 7) is 7.89. The van der Waals surface area contributed by atoms with E-state index in [1.54, 1.807) is 0 Å². The van der Waals surface area contributed by atoms with Gasteiger partial charge in [0.25, 0.3) is 0 Å². The molecule has 0 aliphatic carbocycles. The minimum absolute atomic E-state index is 0.623. The van der Waals surface area contributed by atoms with Crippen LogP contribution in [0.15, 0.2) is 0 Å². The van der Waals surface area contributed by atoms with Gasteiger partial charge in [0, 0.05) is 18.5 Å². The normalized spacial score (nSPS) is 13.6. The molecule has 0 aliphatic heterocycles. The molecule has 4 heteroatoms. The molecule has 0 aromatic carbocycles. The van der Waals surface area contributed by atoms with Crippen molar-refractivity contribution in [1.29, 1.82) is 0 Å². The molecule has 13 heavy (non-hydrogen) atoms. The predicted octanol–water partition coefficient (Wildman–Crippen LogP) is 2.85. The molecule has 80 valence electrons. The Morgan fingerprint density at radius 2 is 1.77 bits per heavy atom. The van der Waals surface area contributed by atoms with E-state index in [-0.39, 0.29) is 0 Å². The van der Waals surface area contributed by atoms with Crippen molar-refractivity contribution in [2.75, 3.05) is 18.5 Å². The van der Waals surface area contributed by atoms with Crippen LogP contribution in [-0.4, -0.2) is 27.8 Å². The Morgan fingerprint density at radius 1 is 1.23 bits per heavy atom. The van der Waals surface area contributed by atoms with Crippen LogP contribution in [0.3, 0.4) is 0 Å². The summed E-state index contributed by atoms with van der Waals surface area (Å²) in [7, 11) is -1.38. The van der Waals surface area contributed by atoms with E-state index in [0.29, 0.717) is 5.54 Å². The summed E-state index contributed by atoms with van der Waals surface area (Å²) in [6.07, 6.45) is 2.42. The number of rotatable bonds is 8. The number of alkyl halides is 1. The first-order valence-electron chi connectivity index (χ1n) is 5.05. The van der Waals surface area contributed by atoms with Gasteiger partial charge in [-0.2, -0.15) is 0 Å². The van der Waals surface area contributed by atoms with Gasteiger partial charge in [0.1, 0.15) is 0 Å². The molecule has 2 nitrogen and oxygen atoms in total. The molecule has 0 fully saturated rings.